The molecule has 0 aliphatic rings. The first-order valence-corrected chi connectivity index (χ1v) is 8.94. The van der Waals surface area contributed by atoms with Crippen LogP contribution in [0, 0.1) is 6.92 Å². The van der Waals surface area contributed by atoms with Gasteiger partial charge in [-0.1, -0.05) is 6.07 Å². The summed E-state index contributed by atoms with van der Waals surface area (Å²) in [7, 11) is -2.31. The first-order chi connectivity index (χ1) is 11.4. The van der Waals surface area contributed by atoms with E-state index in [1.54, 1.807) is 43.3 Å². The SMILES string of the molecule is CCOc1ccc(NS(=O)(=O)c2cc(C(=O)NC)ccc2C)cc1. The van der Waals surface area contributed by atoms with Crippen molar-refractivity contribution in [3.63, 3.8) is 0 Å². The van der Waals surface area contributed by atoms with Crippen molar-refractivity contribution in [2.75, 3.05) is 18.4 Å². The number of sulfonamides is 1. The van der Waals surface area contributed by atoms with Crippen LogP contribution < -0.4 is 14.8 Å². The van der Waals surface area contributed by atoms with Crippen molar-refractivity contribution in [3.05, 3.63) is 53.6 Å². The van der Waals surface area contributed by atoms with E-state index in [9.17, 15) is 13.2 Å². The molecule has 0 radical (unpaired) electrons. The van der Waals surface area contributed by atoms with Crippen LogP contribution in [0.1, 0.15) is 22.8 Å². The predicted molar refractivity (Wildman–Crippen MR) is 93.0 cm³/mol. The van der Waals surface area contributed by atoms with Crippen LogP contribution in [0.15, 0.2) is 47.4 Å². The number of aryl methyl sites for hydroxylation is 1. The van der Waals surface area contributed by atoms with Crippen LogP contribution in [0.4, 0.5) is 5.69 Å². The Bertz CT molecular complexity index is 830. The number of anilines is 1. The van der Waals surface area contributed by atoms with Crippen molar-refractivity contribution in [2.45, 2.75) is 18.7 Å². The third-order valence-corrected chi connectivity index (χ3v) is 4.91. The standard InChI is InChI=1S/C17H20N2O4S/c1-4-23-15-9-7-14(8-10-15)19-24(21,22)16-11-13(17(20)18-3)6-5-12(16)2/h5-11,19H,4H2,1-3H3,(H,18,20). The summed E-state index contributed by atoms with van der Waals surface area (Å²) in [4.78, 5) is 11.8. The number of ether oxygens (including phenoxy) is 1. The second kappa shape index (κ2) is 7.35. The number of hydrogen-bond acceptors (Lipinski definition) is 4. The number of hydrogen-bond donors (Lipinski definition) is 2. The summed E-state index contributed by atoms with van der Waals surface area (Å²) in [6.07, 6.45) is 0. The van der Waals surface area contributed by atoms with Crippen LogP contribution in [-0.4, -0.2) is 28.0 Å². The minimum absolute atomic E-state index is 0.0671. The monoisotopic (exact) mass is 348 g/mol. The molecular formula is C17H20N2O4S. The largest absolute Gasteiger partial charge is 0.494 e. The maximum Gasteiger partial charge on any atom is 0.262 e. The fraction of sp³-hybridized carbons (Fsp3) is 0.235. The lowest BCUT2D eigenvalue weighted by molar-refractivity contribution is 0.0963. The predicted octanol–water partition coefficient (Wildman–Crippen LogP) is 2.55. The van der Waals surface area contributed by atoms with Gasteiger partial charge < -0.3 is 10.1 Å². The molecule has 0 saturated carbocycles. The Morgan fingerprint density at radius 1 is 1.12 bits per heavy atom. The van der Waals surface area contributed by atoms with Crippen LogP contribution in [0.25, 0.3) is 0 Å². The molecule has 0 bridgehead atoms. The van der Waals surface area contributed by atoms with Gasteiger partial charge in [0, 0.05) is 18.3 Å². The van der Waals surface area contributed by atoms with Crippen molar-refractivity contribution in [1.29, 1.82) is 0 Å². The maximum atomic E-state index is 12.6. The van der Waals surface area contributed by atoms with E-state index >= 15 is 0 Å². The summed E-state index contributed by atoms with van der Waals surface area (Å²) in [5, 5.41) is 2.48. The molecule has 0 spiro atoms. The van der Waals surface area contributed by atoms with Gasteiger partial charge in [0.1, 0.15) is 5.75 Å². The van der Waals surface area contributed by atoms with E-state index in [2.05, 4.69) is 10.0 Å². The Hall–Kier alpha value is -2.54. The van der Waals surface area contributed by atoms with Crippen LogP contribution >= 0.6 is 0 Å². The minimum atomic E-state index is -3.80. The van der Waals surface area contributed by atoms with E-state index in [0.717, 1.165) is 0 Å². The third kappa shape index (κ3) is 4.05. The summed E-state index contributed by atoms with van der Waals surface area (Å²) in [6, 6.07) is 11.2. The highest BCUT2D eigenvalue weighted by molar-refractivity contribution is 7.92. The van der Waals surface area contributed by atoms with Crippen LogP contribution in [0.5, 0.6) is 5.75 Å². The molecule has 6 nitrogen and oxygen atoms in total. The molecule has 1 amide bonds. The molecule has 7 heteroatoms. The molecule has 0 aromatic heterocycles. The van der Waals surface area contributed by atoms with Crippen molar-refractivity contribution in [2.24, 2.45) is 0 Å². The summed E-state index contributed by atoms with van der Waals surface area (Å²) in [5.74, 6) is 0.325. The van der Waals surface area contributed by atoms with Gasteiger partial charge in [-0.3, -0.25) is 9.52 Å². The summed E-state index contributed by atoms with van der Waals surface area (Å²) in [5.41, 5.74) is 1.26. The zero-order chi connectivity index (χ0) is 17.7. The van der Waals surface area contributed by atoms with E-state index in [1.807, 2.05) is 6.92 Å². The van der Waals surface area contributed by atoms with Gasteiger partial charge in [-0.2, -0.15) is 0 Å². The fourth-order valence-electron chi connectivity index (χ4n) is 2.17. The Balaban J connectivity index is 2.31. The number of nitrogens with one attached hydrogen (secondary N) is 2. The lowest BCUT2D eigenvalue weighted by atomic mass is 10.1. The van der Waals surface area contributed by atoms with Gasteiger partial charge in [0.25, 0.3) is 15.9 Å². The number of benzene rings is 2. The molecule has 0 unspecified atom stereocenters. The van der Waals surface area contributed by atoms with E-state index < -0.39 is 10.0 Å². The average molecular weight is 348 g/mol. The highest BCUT2D eigenvalue weighted by atomic mass is 32.2. The van der Waals surface area contributed by atoms with Crippen LogP contribution in [0.3, 0.4) is 0 Å². The van der Waals surface area contributed by atoms with E-state index in [1.165, 1.54) is 13.1 Å². The smallest absolute Gasteiger partial charge is 0.262 e. The molecule has 0 aliphatic carbocycles. The molecule has 2 N–H and O–H groups in total. The molecule has 0 atom stereocenters. The summed E-state index contributed by atoms with van der Waals surface area (Å²) >= 11 is 0. The summed E-state index contributed by atoms with van der Waals surface area (Å²) in [6.45, 7) is 4.09. The summed E-state index contributed by atoms with van der Waals surface area (Å²) < 4.78 is 33.1. The fourth-order valence-corrected chi connectivity index (χ4v) is 3.50. The van der Waals surface area contributed by atoms with Gasteiger partial charge in [0.2, 0.25) is 0 Å². The van der Waals surface area contributed by atoms with Crippen LogP contribution in [0.2, 0.25) is 0 Å². The van der Waals surface area contributed by atoms with Gasteiger partial charge in [-0.15, -0.1) is 0 Å². The molecule has 2 aromatic rings. The van der Waals surface area contributed by atoms with Crippen molar-refractivity contribution in [1.82, 2.24) is 5.32 Å². The first kappa shape index (κ1) is 17.8. The topological polar surface area (TPSA) is 84.5 Å². The third-order valence-electron chi connectivity index (χ3n) is 3.38. The van der Waals surface area contributed by atoms with E-state index in [-0.39, 0.29) is 16.4 Å². The molecular weight excluding hydrogens is 328 g/mol. The molecule has 0 heterocycles. The Labute approximate surface area is 141 Å². The molecule has 24 heavy (non-hydrogen) atoms. The second-order valence-electron chi connectivity index (χ2n) is 5.12. The molecule has 128 valence electrons. The molecule has 0 fully saturated rings. The Morgan fingerprint density at radius 3 is 2.38 bits per heavy atom. The Morgan fingerprint density at radius 2 is 1.79 bits per heavy atom. The van der Waals surface area contributed by atoms with Gasteiger partial charge in [0.15, 0.2) is 0 Å². The van der Waals surface area contributed by atoms with Gasteiger partial charge in [-0.25, -0.2) is 8.42 Å². The van der Waals surface area contributed by atoms with Crippen molar-refractivity contribution >= 4 is 21.6 Å². The van der Waals surface area contributed by atoms with Crippen molar-refractivity contribution in [3.8, 4) is 5.75 Å². The van der Waals surface area contributed by atoms with Crippen molar-refractivity contribution < 1.29 is 17.9 Å². The molecule has 2 aromatic carbocycles. The molecule has 0 saturated heterocycles. The number of rotatable bonds is 6. The quantitative estimate of drug-likeness (QED) is 0.840. The average Bonchev–Trinajstić information content (AvgIpc) is 2.56. The number of amides is 1. The van der Waals surface area contributed by atoms with Crippen LogP contribution in [-0.2, 0) is 10.0 Å². The minimum Gasteiger partial charge on any atom is -0.494 e. The molecule has 0 aliphatic heterocycles. The maximum absolute atomic E-state index is 12.6. The number of carbonyl (C=O) groups excluding carboxylic acids is 1. The zero-order valence-electron chi connectivity index (χ0n) is 13.8. The van der Waals surface area contributed by atoms with E-state index in [4.69, 9.17) is 4.74 Å². The number of carbonyl (C=O) groups is 1. The highest BCUT2D eigenvalue weighted by Crippen LogP contribution is 2.22. The highest BCUT2D eigenvalue weighted by Gasteiger charge is 2.19. The molecule has 2 rings (SSSR count). The first-order valence-electron chi connectivity index (χ1n) is 7.46. The van der Waals surface area contributed by atoms with Gasteiger partial charge >= 0.3 is 0 Å². The zero-order valence-corrected chi connectivity index (χ0v) is 14.6. The lowest BCUT2D eigenvalue weighted by Crippen LogP contribution is -2.20. The Kier molecular flexibility index (Phi) is 5.46. The van der Waals surface area contributed by atoms with E-state index in [0.29, 0.717) is 23.6 Å². The normalized spacial score (nSPS) is 11.0. The van der Waals surface area contributed by atoms with Gasteiger partial charge in [-0.05, 0) is 55.8 Å². The second-order valence-corrected chi connectivity index (χ2v) is 6.77. The van der Waals surface area contributed by atoms with Gasteiger partial charge in [0.05, 0.1) is 11.5 Å². The lowest BCUT2D eigenvalue weighted by Gasteiger charge is -2.12.